The average molecular weight is 1360 g/mol. The van der Waals surface area contributed by atoms with Crippen molar-refractivity contribution in [1.82, 2.24) is 15.0 Å². The van der Waals surface area contributed by atoms with Crippen LogP contribution in [0.3, 0.4) is 0 Å². The minimum atomic E-state index is -5.21. The molecule has 5 rings (SSSR count). The van der Waals surface area contributed by atoms with Gasteiger partial charge in [0.1, 0.15) is 45.8 Å². The number of hydrogen-bond donors (Lipinski definition) is 10. The number of nitrogens with one attached hydrogen (secondary N) is 4. The summed E-state index contributed by atoms with van der Waals surface area (Å²) in [6.45, 7) is 0.200. The number of carbonyl (C=O) groups excluding carboxylic acids is 2. The summed E-state index contributed by atoms with van der Waals surface area (Å²) in [6, 6.07) is 9.23. The Morgan fingerprint density at radius 2 is 0.918 bits per heavy atom. The fourth-order valence-corrected chi connectivity index (χ4v) is 10.6. The maximum atomic E-state index is 12.4. The first kappa shape index (κ1) is 73.9. The van der Waals surface area contributed by atoms with Crippen LogP contribution in [0.25, 0.3) is 0 Å². The van der Waals surface area contributed by atoms with E-state index in [-0.39, 0.29) is 132 Å². The van der Waals surface area contributed by atoms with Crippen LogP contribution in [0.5, 0.6) is 0 Å². The number of hydrogen-bond acceptors (Lipinski definition) is 25. The summed E-state index contributed by atoms with van der Waals surface area (Å²) < 4.78 is 193. The molecule has 44 heteroatoms. The fraction of sp³-hybridized carbons (Fsp3) is 0.244. The average Bonchev–Trinajstić information content (AvgIpc) is 1.55. The van der Waals surface area contributed by atoms with E-state index in [0.29, 0.717) is 12.1 Å². The second-order valence-electron chi connectivity index (χ2n) is 16.2. The number of ether oxygens (including phenoxy) is 2. The number of amidine groups is 2. The molecule has 0 amide bonds. The Bertz CT molecular complexity index is 4070. The second-order valence-corrected chi connectivity index (χ2v) is 26.7. The van der Waals surface area contributed by atoms with Gasteiger partial charge in [0.2, 0.25) is 16.5 Å². The third kappa shape index (κ3) is 24.7. The van der Waals surface area contributed by atoms with E-state index >= 15 is 0 Å². The van der Waals surface area contributed by atoms with Crippen molar-refractivity contribution < 1.29 is 98.0 Å². The Morgan fingerprint density at radius 1 is 0.541 bits per heavy atom. The van der Waals surface area contributed by atoms with E-state index < -0.39 is 164 Å². The molecule has 0 saturated heterocycles. The smallest absolute Gasteiger partial charge is 0.302 e. The van der Waals surface area contributed by atoms with Crippen molar-refractivity contribution >= 4 is 222 Å². The summed E-state index contributed by atoms with van der Waals surface area (Å²) in [5, 5.41) is 41.5. The van der Waals surface area contributed by atoms with Crippen LogP contribution in [-0.4, -0.2) is 248 Å². The van der Waals surface area contributed by atoms with Crippen molar-refractivity contribution in [3.63, 3.8) is 0 Å². The minimum absolute atomic E-state index is 0. The molecule has 0 atom stereocenters. The molecule has 0 saturated carbocycles. The molecule has 0 aliphatic heterocycles. The van der Waals surface area contributed by atoms with Crippen molar-refractivity contribution in [1.29, 1.82) is 0 Å². The molecular formula is C41H44ClKN13NaO22S6. The van der Waals surface area contributed by atoms with E-state index in [1.165, 1.54) is 30.3 Å². The van der Waals surface area contributed by atoms with Gasteiger partial charge in [0, 0.05) is 94.8 Å². The number of aliphatic imine (C=N–C) groups is 2. The van der Waals surface area contributed by atoms with E-state index in [1.807, 2.05) is 0 Å². The van der Waals surface area contributed by atoms with Gasteiger partial charge in [-0.1, -0.05) is 0 Å². The molecule has 4 aromatic carbocycles. The molecular weight excluding hydrogens is 1320 g/mol. The SMILES string of the molecule is CC(=O)OCCS(=O)(=O)CCN=C(O)Nc1cc(N=c2nc(Cl)[nH]c(=Nc3ccc(N=Nc4ccc(S(=O)(=O)O)cc4S(=O)(=O)O)c(NC(O)=NCCS(=O)(=O)CCOC(C)=O)c3)[nH]2)ccc1N=Nc1ccc(S(=O)(=O)O)cc1S(=O)(=O)O.[K].[Na]. The Balaban J connectivity index is 0.00000946. The summed E-state index contributed by atoms with van der Waals surface area (Å²) in [6.07, 6.45) is 0. The third-order valence-electron chi connectivity index (χ3n) is 9.86. The first-order chi connectivity index (χ1) is 38.5. The van der Waals surface area contributed by atoms with Gasteiger partial charge in [0.05, 0.1) is 68.6 Å². The summed E-state index contributed by atoms with van der Waals surface area (Å²) in [5.41, 5.74) is -2.92. The number of aromatic amines is 2. The Labute approximate surface area is 552 Å². The van der Waals surface area contributed by atoms with Gasteiger partial charge < -0.3 is 35.3 Å². The van der Waals surface area contributed by atoms with Gasteiger partial charge in [-0.05, 0) is 84.4 Å². The van der Waals surface area contributed by atoms with Gasteiger partial charge >= 0.3 is 11.9 Å². The van der Waals surface area contributed by atoms with E-state index in [9.17, 15) is 88.5 Å². The third-order valence-corrected chi connectivity index (χ3v) is 16.7. The molecule has 85 heavy (non-hydrogen) atoms. The number of carbonyl (C=O) groups is 2. The number of H-pyrrole nitrogens is 2. The van der Waals surface area contributed by atoms with E-state index in [4.69, 9.17) is 11.6 Å². The number of nitrogens with zero attached hydrogens (tertiary/aromatic N) is 9. The molecule has 0 aliphatic rings. The number of azo groups is 2. The van der Waals surface area contributed by atoms with Crippen LogP contribution in [0.1, 0.15) is 13.8 Å². The number of aromatic nitrogens is 3. The molecule has 0 fully saturated rings. The predicted molar refractivity (Wildman–Crippen MR) is 301 cm³/mol. The summed E-state index contributed by atoms with van der Waals surface area (Å²) >= 11 is 6.31. The first-order valence-corrected chi connectivity index (χ1v) is 32.2. The van der Waals surface area contributed by atoms with Crippen LogP contribution in [-0.2, 0) is 79.2 Å². The standard InChI is InChI=1S/C41H44ClN13O22S6.K.Na/c1-23(56)76-13-17-78(60,61)15-11-43-40(58)47-33-19-25(3-7-29(33)52-54-31-9-5-27(80(64,65)66)21-35(31)82(70,71)72)45-38-49-37(42)50-39(51-38)46-26-4-8-30(53-55-32-10-6-28(81(67,68)69)22-36(32)83(73,74)75)34(20-26)48-41(59)44-12-16-79(62,63)18-14-77-24(2)57;;/h3-10,19-22H,11-18H2,1-2H3,(H2,43,47,58)(H2,44,48,59)(H,64,65,66)(H,67,68,69)(H,70,71,72)(H,73,74,75)(H2,45,46,49,50,51);;. The van der Waals surface area contributed by atoms with Gasteiger partial charge in [0.15, 0.2) is 19.7 Å². The number of halogens is 1. The minimum Gasteiger partial charge on any atom is -0.481 e. The van der Waals surface area contributed by atoms with Crippen LogP contribution < -0.4 is 21.9 Å². The molecule has 0 unspecified atom stereocenters. The maximum Gasteiger partial charge on any atom is 0.302 e. The monoisotopic (exact) mass is 1360 g/mol. The fourth-order valence-electron chi connectivity index (χ4n) is 6.14. The second kappa shape index (κ2) is 31.5. The van der Waals surface area contributed by atoms with E-state index in [0.717, 1.165) is 44.2 Å². The predicted octanol–water partition coefficient (Wildman–Crippen LogP) is 2.52. The van der Waals surface area contributed by atoms with E-state index in [1.54, 1.807) is 0 Å². The zero-order valence-electron chi connectivity index (χ0n) is 44.2. The van der Waals surface area contributed by atoms with Crippen LogP contribution in [0.15, 0.2) is 133 Å². The van der Waals surface area contributed by atoms with Crippen LogP contribution in [0, 0.1) is 0 Å². The molecule has 10 N–H and O–H groups in total. The molecule has 5 aromatic rings. The topological polar surface area (TPSA) is 546 Å². The molecule has 1 heterocycles. The molecule has 35 nitrogen and oxygen atoms in total. The number of aliphatic hydroxyl groups is 2. The largest absolute Gasteiger partial charge is 0.481 e. The molecule has 0 bridgehead atoms. The molecule has 1 aromatic heterocycles. The quantitative estimate of drug-likeness (QED) is 0.0106. The van der Waals surface area contributed by atoms with Crippen molar-refractivity contribution in [2.45, 2.75) is 33.4 Å². The zero-order chi connectivity index (χ0) is 61.7. The molecule has 450 valence electrons. The first-order valence-electron chi connectivity index (χ1n) is 22.4. The summed E-state index contributed by atoms with van der Waals surface area (Å²) in [7, 11) is -28.1. The van der Waals surface area contributed by atoms with Gasteiger partial charge in [-0.15, -0.1) is 20.5 Å². The van der Waals surface area contributed by atoms with Crippen molar-refractivity contribution in [2.24, 2.45) is 40.4 Å². The number of esters is 2. The Kier molecular flexibility index (Phi) is 27.4. The zero-order valence-corrected chi connectivity index (χ0v) is 54.9. The van der Waals surface area contributed by atoms with Gasteiger partial charge in [-0.2, -0.15) is 38.7 Å². The van der Waals surface area contributed by atoms with Gasteiger partial charge in [-0.25, -0.2) is 36.8 Å². The maximum absolute atomic E-state index is 12.4. The van der Waals surface area contributed by atoms with Gasteiger partial charge in [0.25, 0.3) is 52.5 Å². The number of benzene rings is 4. The van der Waals surface area contributed by atoms with Crippen LogP contribution >= 0.6 is 11.6 Å². The van der Waals surface area contributed by atoms with Crippen molar-refractivity contribution in [2.75, 3.05) is 59.9 Å². The molecule has 2 radical (unpaired) electrons. The Hall–Kier alpha value is -5.36. The van der Waals surface area contributed by atoms with Crippen LogP contribution in [0.4, 0.5) is 45.5 Å². The number of rotatable bonds is 24. The number of anilines is 2. The van der Waals surface area contributed by atoms with Crippen LogP contribution in [0.2, 0.25) is 5.28 Å². The van der Waals surface area contributed by atoms with Crippen molar-refractivity contribution in [3.05, 3.63) is 89.3 Å². The van der Waals surface area contributed by atoms with Crippen molar-refractivity contribution in [3.8, 4) is 0 Å². The van der Waals surface area contributed by atoms with E-state index in [2.05, 4.69) is 75.5 Å². The number of aliphatic hydroxyl groups excluding tert-OH is 2. The van der Waals surface area contributed by atoms with Gasteiger partial charge in [-0.3, -0.25) is 32.8 Å². The Morgan fingerprint density at radius 3 is 1.29 bits per heavy atom. The summed E-state index contributed by atoms with van der Waals surface area (Å²) in [5.74, 6) is -3.80. The molecule has 0 spiro atoms. The molecule has 0 aliphatic carbocycles. The normalized spacial score (nSPS) is 13.3. The summed E-state index contributed by atoms with van der Waals surface area (Å²) in [4.78, 5) is 43.7. The number of sulfone groups is 2.